The first-order chi connectivity index (χ1) is 10.7. The van der Waals surface area contributed by atoms with Gasteiger partial charge in [0.25, 0.3) is 0 Å². The van der Waals surface area contributed by atoms with Gasteiger partial charge in [-0.05, 0) is 30.5 Å². The van der Waals surface area contributed by atoms with Crippen molar-refractivity contribution in [3.05, 3.63) is 65.4 Å². The van der Waals surface area contributed by atoms with Crippen molar-refractivity contribution in [3.8, 4) is 12.1 Å². The molecule has 1 unspecified atom stereocenters. The first kappa shape index (κ1) is 15.6. The van der Waals surface area contributed by atoms with Gasteiger partial charge in [0.05, 0.1) is 22.5 Å². The van der Waals surface area contributed by atoms with Crippen molar-refractivity contribution >= 4 is 5.69 Å². The SMILES string of the molecule is CCCC1C=CC=C(C#N)C(N(C)c2ccccc2C#N)=C1. The van der Waals surface area contributed by atoms with Crippen molar-refractivity contribution in [3.63, 3.8) is 0 Å². The van der Waals surface area contributed by atoms with E-state index in [0.29, 0.717) is 17.1 Å². The average Bonchev–Trinajstić information content (AvgIpc) is 2.76. The zero-order valence-electron chi connectivity index (χ0n) is 13.0. The predicted molar refractivity (Wildman–Crippen MR) is 88.9 cm³/mol. The molecule has 3 heteroatoms. The number of nitriles is 2. The number of hydrogen-bond donors (Lipinski definition) is 0. The summed E-state index contributed by atoms with van der Waals surface area (Å²) in [4.78, 5) is 1.93. The first-order valence-electron chi connectivity index (χ1n) is 7.45. The zero-order valence-corrected chi connectivity index (χ0v) is 13.0. The number of nitrogens with zero attached hydrogens (tertiary/aromatic N) is 3. The maximum Gasteiger partial charge on any atom is 0.101 e. The zero-order chi connectivity index (χ0) is 15.9. The second-order valence-electron chi connectivity index (χ2n) is 5.27. The minimum absolute atomic E-state index is 0.304. The van der Waals surface area contributed by atoms with Crippen LogP contribution in [-0.4, -0.2) is 7.05 Å². The Bertz CT molecular complexity index is 711. The van der Waals surface area contributed by atoms with Crippen molar-refractivity contribution in [2.75, 3.05) is 11.9 Å². The molecule has 0 bridgehead atoms. The summed E-state index contributed by atoms with van der Waals surface area (Å²) in [5.41, 5.74) is 2.89. The third-order valence-electron chi connectivity index (χ3n) is 3.76. The van der Waals surface area contributed by atoms with E-state index in [1.165, 1.54) is 0 Å². The van der Waals surface area contributed by atoms with Gasteiger partial charge < -0.3 is 4.90 Å². The van der Waals surface area contributed by atoms with Gasteiger partial charge in [-0.15, -0.1) is 0 Å². The standard InChI is InChI=1S/C19H19N3/c1-3-7-15-8-6-10-17(14-21)19(12-15)22(2)18-11-5-4-9-16(18)13-20/h4-6,8-12,15H,3,7H2,1-2H3. The van der Waals surface area contributed by atoms with Crippen LogP contribution < -0.4 is 4.90 Å². The molecule has 0 radical (unpaired) electrons. The highest BCUT2D eigenvalue weighted by atomic mass is 15.1. The van der Waals surface area contributed by atoms with Crippen LogP contribution in [-0.2, 0) is 0 Å². The fraction of sp³-hybridized carbons (Fsp3) is 0.263. The van der Waals surface area contributed by atoms with Crippen LogP contribution in [0.5, 0.6) is 0 Å². The smallest absolute Gasteiger partial charge is 0.101 e. The number of hydrogen-bond acceptors (Lipinski definition) is 3. The lowest BCUT2D eigenvalue weighted by molar-refractivity contribution is 0.687. The monoisotopic (exact) mass is 289 g/mol. The van der Waals surface area contributed by atoms with Crippen molar-refractivity contribution in [2.24, 2.45) is 5.92 Å². The predicted octanol–water partition coefficient (Wildman–Crippen LogP) is 4.31. The Labute approximate surface area is 132 Å². The van der Waals surface area contributed by atoms with E-state index in [4.69, 9.17) is 0 Å². The molecule has 0 saturated heterocycles. The van der Waals surface area contributed by atoms with E-state index in [2.05, 4.69) is 31.2 Å². The number of likely N-dealkylation sites (N-methyl/N-ethyl adjacent to an activating group) is 1. The molecule has 1 aromatic rings. The molecule has 1 atom stereocenters. The molecule has 22 heavy (non-hydrogen) atoms. The van der Waals surface area contributed by atoms with Gasteiger partial charge in [0.1, 0.15) is 12.1 Å². The van der Waals surface area contributed by atoms with E-state index >= 15 is 0 Å². The van der Waals surface area contributed by atoms with Gasteiger partial charge in [0, 0.05) is 7.05 Å². The Hall–Kier alpha value is -2.78. The van der Waals surface area contributed by atoms with E-state index in [9.17, 15) is 10.5 Å². The van der Waals surface area contributed by atoms with E-state index in [-0.39, 0.29) is 0 Å². The highest BCUT2D eigenvalue weighted by molar-refractivity contribution is 5.66. The summed E-state index contributed by atoms with van der Waals surface area (Å²) in [6, 6.07) is 11.9. The molecular weight excluding hydrogens is 270 g/mol. The second kappa shape index (κ2) is 7.29. The fourth-order valence-electron chi connectivity index (χ4n) is 2.62. The third kappa shape index (κ3) is 3.27. The quantitative estimate of drug-likeness (QED) is 0.829. The Kier molecular flexibility index (Phi) is 5.17. The number of allylic oxidation sites excluding steroid dienone is 5. The maximum atomic E-state index is 9.44. The fourth-order valence-corrected chi connectivity index (χ4v) is 2.62. The van der Waals surface area contributed by atoms with Gasteiger partial charge in [-0.1, -0.05) is 43.7 Å². The second-order valence-corrected chi connectivity index (χ2v) is 5.27. The molecule has 0 aromatic heterocycles. The van der Waals surface area contributed by atoms with Crippen LogP contribution in [0.3, 0.4) is 0 Å². The van der Waals surface area contributed by atoms with Crippen molar-refractivity contribution in [1.29, 1.82) is 10.5 Å². The summed E-state index contributed by atoms with van der Waals surface area (Å²) in [6.45, 7) is 2.15. The van der Waals surface area contributed by atoms with Crippen LogP contribution in [0.15, 0.2) is 59.8 Å². The number of para-hydroxylation sites is 1. The third-order valence-corrected chi connectivity index (χ3v) is 3.76. The molecule has 0 heterocycles. The van der Waals surface area contributed by atoms with E-state index < -0.39 is 0 Å². The van der Waals surface area contributed by atoms with E-state index in [0.717, 1.165) is 24.2 Å². The highest BCUT2D eigenvalue weighted by Crippen LogP contribution is 2.29. The van der Waals surface area contributed by atoms with Gasteiger partial charge in [-0.3, -0.25) is 0 Å². The summed E-state index contributed by atoms with van der Waals surface area (Å²) in [5.74, 6) is 0.304. The van der Waals surface area contributed by atoms with Crippen LogP contribution in [0.1, 0.15) is 25.3 Å². The number of anilines is 1. The molecule has 1 aliphatic carbocycles. The van der Waals surface area contributed by atoms with Crippen molar-refractivity contribution < 1.29 is 0 Å². The van der Waals surface area contributed by atoms with E-state index in [1.54, 1.807) is 6.07 Å². The summed E-state index contributed by atoms with van der Waals surface area (Å²) in [6.07, 6.45) is 10.2. The van der Waals surface area contributed by atoms with Crippen LogP contribution in [0.2, 0.25) is 0 Å². The van der Waals surface area contributed by atoms with Crippen molar-refractivity contribution in [2.45, 2.75) is 19.8 Å². The van der Waals surface area contributed by atoms with E-state index in [1.807, 2.05) is 42.3 Å². The molecule has 1 aliphatic rings. The van der Waals surface area contributed by atoms with Crippen molar-refractivity contribution in [1.82, 2.24) is 0 Å². The summed E-state index contributed by atoms with van der Waals surface area (Å²) < 4.78 is 0. The molecule has 0 amide bonds. The Morgan fingerprint density at radius 1 is 1.18 bits per heavy atom. The molecular formula is C19H19N3. The molecule has 0 fully saturated rings. The average molecular weight is 289 g/mol. The largest absolute Gasteiger partial charge is 0.343 e. The Morgan fingerprint density at radius 2 is 1.95 bits per heavy atom. The molecule has 2 rings (SSSR count). The first-order valence-corrected chi connectivity index (χ1v) is 7.45. The molecule has 0 aliphatic heterocycles. The minimum Gasteiger partial charge on any atom is -0.343 e. The van der Waals surface area contributed by atoms with Crippen LogP contribution in [0.25, 0.3) is 0 Å². The normalized spacial score (nSPS) is 16.8. The van der Waals surface area contributed by atoms with Gasteiger partial charge in [0.15, 0.2) is 0 Å². The van der Waals surface area contributed by atoms with Gasteiger partial charge in [-0.2, -0.15) is 10.5 Å². The lowest BCUT2D eigenvalue weighted by atomic mass is 10.0. The van der Waals surface area contributed by atoms with Crippen LogP contribution >= 0.6 is 0 Å². The summed E-state index contributed by atoms with van der Waals surface area (Å²) >= 11 is 0. The number of benzene rings is 1. The molecule has 0 spiro atoms. The van der Waals surface area contributed by atoms with Gasteiger partial charge >= 0.3 is 0 Å². The molecule has 3 nitrogen and oxygen atoms in total. The van der Waals surface area contributed by atoms with Gasteiger partial charge in [-0.25, -0.2) is 0 Å². The molecule has 110 valence electrons. The number of rotatable bonds is 4. The Morgan fingerprint density at radius 3 is 2.64 bits per heavy atom. The lowest BCUT2D eigenvalue weighted by Gasteiger charge is -2.24. The molecule has 0 N–H and O–H groups in total. The minimum atomic E-state index is 0.304. The summed E-state index contributed by atoms with van der Waals surface area (Å²) in [5, 5.41) is 18.7. The highest BCUT2D eigenvalue weighted by Gasteiger charge is 2.17. The topological polar surface area (TPSA) is 50.8 Å². The molecule has 0 saturated carbocycles. The van der Waals surface area contributed by atoms with Crippen LogP contribution in [0, 0.1) is 28.6 Å². The molecule has 1 aromatic carbocycles. The Balaban J connectivity index is 2.46. The van der Waals surface area contributed by atoms with Crippen LogP contribution in [0.4, 0.5) is 5.69 Å². The lowest BCUT2D eigenvalue weighted by Crippen LogP contribution is -2.19. The van der Waals surface area contributed by atoms with Gasteiger partial charge in [0.2, 0.25) is 0 Å². The maximum absolute atomic E-state index is 9.44. The summed E-state index contributed by atoms with van der Waals surface area (Å²) in [7, 11) is 1.90.